The summed E-state index contributed by atoms with van der Waals surface area (Å²) in [4.78, 5) is 23.2. The summed E-state index contributed by atoms with van der Waals surface area (Å²) < 4.78 is 0. The summed E-state index contributed by atoms with van der Waals surface area (Å²) in [5.41, 5.74) is 0.339. The van der Waals surface area contributed by atoms with E-state index in [1.54, 1.807) is 4.90 Å². The van der Waals surface area contributed by atoms with Crippen molar-refractivity contribution in [3.05, 3.63) is 0 Å². The molecule has 1 saturated carbocycles. The predicted octanol–water partition coefficient (Wildman–Crippen LogP) is 0.400. The highest BCUT2D eigenvalue weighted by Crippen LogP contribution is 2.48. The van der Waals surface area contributed by atoms with Gasteiger partial charge in [-0.2, -0.15) is 0 Å². The molecule has 1 atom stereocenters. The van der Waals surface area contributed by atoms with Gasteiger partial charge in [-0.05, 0) is 18.3 Å². The molecule has 1 aliphatic carbocycles. The van der Waals surface area contributed by atoms with Gasteiger partial charge in [-0.15, -0.1) is 0 Å². The Labute approximate surface area is 87.7 Å². The van der Waals surface area contributed by atoms with Gasteiger partial charge < -0.3 is 10.2 Å². The quantitative estimate of drug-likeness (QED) is 0.706. The molecule has 5 nitrogen and oxygen atoms in total. The second-order valence-corrected chi connectivity index (χ2v) is 4.71. The maximum atomic E-state index is 10.9. The van der Waals surface area contributed by atoms with Crippen LogP contribution in [0, 0.1) is 5.41 Å². The molecule has 0 aromatic carbocycles. The molecule has 2 fully saturated rings. The number of carboxylic acids is 2. The van der Waals surface area contributed by atoms with Crippen LogP contribution in [0.3, 0.4) is 0 Å². The standard InChI is InChI=1S/C10H15NO4/c12-8(13)4-7(9(14)15)11-5-10(6-11)2-1-3-10/h7H,1-6H2,(H,12,13)(H,14,15). The smallest absolute Gasteiger partial charge is 0.321 e. The van der Waals surface area contributed by atoms with Gasteiger partial charge in [-0.25, -0.2) is 0 Å². The van der Waals surface area contributed by atoms with Crippen LogP contribution in [-0.4, -0.2) is 46.2 Å². The van der Waals surface area contributed by atoms with Crippen molar-refractivity contribution < 1.29 is 19.8 Å². The Bertz CT molecular complexity index is 290. The number of rotatable bonds is 4. The Morgan fingerprint density at radius 1 is 1.27 bits per heavy atom. The number of carbonyl (C=O) groups is 2. The van der Waals surface area contributed by atoms with Crippen molar-refractivity contribution in [2.75, 3.05) is 13.1 Å². The Balaban J connectivity index is 1.90. The van der Waals surface area contributed by atoms with Crippen LogP contribution in [0.5, 0.6) is 0 Å². The first-order chi connectivity index (χ1) is 7.02. The van der Waals surface area contributed by atoms with E-state index in [4.69, 9.17) is 10.2 Å². The summed E-state index contributed by atoms with van der Waals surface area (Å²) in [5.74, 6) is -2.07. The van der Waals surface area contributed by atoms with Crippen molar-refractivity contribution >= 4 is 11.9 Å². The minimum atomic E-state index is -1.04. The summed E-state index contributed by atoms with van der Waals surface area (Å²) in [6.45, 7) is 1.52. The molecule has 0 bridgehead atoms. The van der Waals surface area contributed by atoms with Crippen molar-refractivity contribution in [2.45, 2.75) is 31.7 Å². The summed E-state index contributed by atoms with van der Waals surface area (Å²) >= 11 is 0. The van der Waals surface area contributed by atoms with Crippen LogP contribution < -0.4 is 0 Å². The van der Waals surface area contributed by atoms with Crippen LogP contribution in [-0.2, 0) is 9.59 Å². The fourth-order valence-corrected chi connectivity index (χ4v) is 2.57. The molecule has 0 aromatic heterocycles. The van der Waals surface area contributed by atoms with E-state index in [-0.39, 0.29) is 6.42 Å². The Morgan fingerprint density at radius 2 is 1.87 bits per heavy atom. The summed E-state index contributed by atoms with van der Waals surface area (Å²) in [6, 6.07) is -0.839. The van der Waals surface area contributed by atoms with Crippen molar-refractivity contribution in [1.29, 1.82) is 0 Å². The SMILES string of the molecule is O=C(O)CC(C(=O)O)N1CC2(CCC2)C1. The van der Waals surface area contributed by atoms with Crippen LogP contribution >= 0.6 is 0 Å². The van der Waals surface area contributed by atoms with E-state index in [9.17, 15) is 9.59 Å². The molecule has 84 valence electrons. The third kappa shape index (κ3) is 1.84. The molecule has 1 heterocycles. The molecule has 5 heteroatoms. The number of nitrogens with zero attached hydrogens (tertiary/aromatic N) is 1. The van der Waals surface area contributed by atoms with E-state index in [0.29, 0.717) is 5.41 Å². The van der Waals surface area contributed by atoms with Gasteiger partial charge in [0.2, 0.25) is 0 Å². The van der Waals surface area contributed by atoms with Gasteiger partial charge in [0.25, 0.3) is 0 Å². The Hall–Kier alpha value is -1.10. The summed E-state index contributed by atoms with van der Waals surface area (Å²) in [6.07, 6.45) is 3.27. The van der Waals surface area contributed by atoms with Crippen LogP contribution in [0.4, 0.5) is 0 Å². The normalized spacial score (nSPS) is 25.3. The number of likely N-dealkylation sites (tertiary alicyclic amines) is 1. The first kappa shape index (κ1) is 10.4. The molecule has 0 aromatic rings. The van der Waals surface area contributed by atoms with Gasteiger partial charge in [0.15, 0.2) is 0 Å². The average molecular weight is 213 g/mol. The van der Waals surface area contributed by atoms with Gasteiger partial charge in [0.1, 0.15) is 6.04 Å². The second kappa shape index (κ2) is 3.48. The molecule has 2 N–H and O–H groups in total. The first-order valence-electron chi connectivity index (χ1n) is 5.21. The molecule has 0 radical (unpaired) electrons. The zero-order valence-corrected chi connectivity index (χ0v) is 8.48. The van der Waals surface area contributed by atoms with Crippen LogP contribution in [0.2, 0.25) is 0 Å². The molecule has 1 aliphatic heterocycles. The van der Waals surface area contributed by atoms with Gasteiger partial charge in [-0.3, -0.25) is 14.5 Å². The van der Waals surface area contributed by atoms with E-state index < -0.39 is 18.0 Å². The lowest BCUT2D eigenvalue weighted by Gasteiger charge is -2.57. The molecule has 2 aliphatic rings. The molecule has 0 amide bonds. The highest BCUT2D eigenvalue weighted by molar-refractivity contribution is 5.80. The molecule has 15 heavy (non-hydrogen) atoms. The van der Waals surface area contributed by atoms with E-state index in [1.165, 1.54) is 19.3 Å². The van der Waals surface area contributed by atoms with Crippen molar-refractivity contribution in [3.63, 3.8) is 0 Å². The highest BCUT2D eigenvalue weighted by Gasteiger charge is 2.50. The van der Waals surface area contributed by atoms with Crippen LogP contribution in [0.1, 0.15) is 25.7 Å². The van der Waals surface area contributed by atoms with Gasteiger partial charge >= 0.3 is 11.9 Å². The van der Waals surface area contributed by atoms with E-state index in [1.807, 2.05) is 0 Å². The summed E-state index contributed by atoms with van der Waals surface area (Å²) in [7, 11) is 0. The molecule has 1 saturated heterocycles. The van der Waals surface area contributed by atoms with Crippen LogP contribution in [0.25, 0.3) is 0 Å². The molecule has 1 unspecified atom stereocenters. The lowest BCUT2D eigenvalue weighted by molar-refractivity contribution is -0.160. The fraction of sp³-hybridized carbons (Fsp3) is 0.800. The number of hydrogen-bond acceptors (Lipinski definition) is 3. The fourth-order valence-electron chi connectivity index (χ4n) is 2.57. The lowest BCUT2D eigenvalue weighted by Crippen LogP contribution is -2.64. The number of hydrogen-bond donors (Lipinski definition) is 2. The predicted molar refractivity (Wildman–Crippen MR) is 51.5 cm³/mol. The van der Waals surface area contributed by atoms with Crippen molar-refractivity contribution in [3.8, 4) is 0 Å². The van der Waals surface area contributed by atoms with Crippen molar-refractivity contribution in [1.82, 2.24) is 4.90 Å². The number of carboxylic acid groups (broad SMARTS) is 2. The van der Waals surface area contributed by atoms with E-state index in [0.717, 1.165) is 13.1 Å². The zero-order valence-electron chi connectivity index (χ0n) is 8.48. The van der Waals surface area contributed by atoms with Crippen molar-refractivity contribution in [2.24, 2.45) is 5.41 Å². The molecule has 1 spiro atoms. The summed E-state index contributed by atoms with van der Waals surface area (Å²) in [5, 5.41) is 17.5. The van der Waals surface area contributed by atoms with Gasteiger partial charge in [-0.1, -0.05) is 6.42 Å². The Morgan fingerprint density at radius 3 is 2.20 bits per heavy atom. The minimum Gasteiger partial charge on any atom is -0.481 e. The molecular formula is C10H15NO4. The zero-order chi connectivity index (χ0) is 11.1. The van der Waals surface area contributed by atoms with Gasteiger partial charge in [0.05, 0.1) is 6.42 Å². The van der Waals surface area contributed by atoms with E-state index in [2.05, 4.69) is 0 Å². The molecule has 2 rings (SSSR count). The van der Waals surface area contributed by atoms with Gasteiger partial charge in [0, 0.05) is 13.1 Å². The Kier molecular flexibility index (Phi) is 2.42. The third-order valence-corrected chi connectivity index (χ3v) is 3.59. The third-order valence-electron chi connectivity index (χ3n) is 3.59. The second-order valence-electron chi connectivity index (χ2n) is 4.71. The molecular weight excluding hydrogens is 198 g/mol. The topological polar surface area (TPSA) is 77.8 Å². The number of aliphatic carboxylic acids is 2. The maximum absolute atomic E-state index is 10.9. The average Bonchev–Trinajstić information content (AvgIpc) is 1.95. The first-order valence-corrected chi connectivity index (χ1v) is 5.21. The van der Waals surface area contributed by atoms with E-state index >= 15 is 0 Å². The minimum absolute atomic E-state index is 0.300. The van der Waals surface area contributed by atoms with Crippen LogP contribution in [0.15, 0.2) is 0 Å². The lowest BCUT2D eigenvalue weighted by atomic mass is 9.63. The highest BCUT2D eigenvalue weighted by atomic mass is 16.4. The maximum Gasteiger partial charge on any atom is 0.321 e. The monoisotopic (exact) mass is 213 g/mol. The largest absolute Gasteiger partial charge is 0.481 e.